The zero-order chi connectivity index (χ0) is 14.1. The number of H-pyrrole nitrogens is 1. The van der Waals surface area contributed by atoms with Crippen molar-refractivity contribution in [2.45, 2.75) is 64.7 Å². The molecule has 0 aliphatic heterocycles. The van der Waals surface area contributed by atoms with E-state index in [1.165, 1.54) is 44.9 Å². The summed E-state index contributed by atoms with van der Waals surface area (Å²) in [6, 6.07) is 0. The molecule has 4 nitrogen and oxygen atoms in total. The van der Waals surface area contributed by atoms with E-state index in [2.05, 4.69) is 11.9 Å². The van der Waals surface area contributed by atoms with Crippen molar-refractivity contribution >= 4 is 5.97 Å². The number of carboxylic acid groups (broad SMARTS) is 1. The Morgan fingerprint density at radius 2 is 1.74 bits per heavy atom. The average molecular weight is 267 g/mol. The van der Waals surface area contributed by atoms with Gasteiger partial charge in [-0.15, -0.1) is 0 Å². The molecule has 108 valence electrons. The molecule has 0 aliphatic rings. The van der Waals surface area contributed by atoms with Crippen LogP contribution >= 0.6 is 0 Å². The Morgan fingerprint density at radius 3 is 2.26 bits per heavy atom. The zero-order valence-electron chi connectivity index (χ0n) is 12.2. The third kappa shape index (κ3) is 5.45. The minimum absolute atomic E-state index is 0.328. The summed E-state index contributed by atoms with van der Waals surface area (Å²) in [5, 5.41) is 8.95. The molecular weight excluding hydrogens is 240 g/mol. The third-order valence-electron chi connectivity index (χ3n) is 3.63. The predicted octanol–water partition coefficient (Wildman–Crippen LogP) is 3.22. The van der Waals surface area contributed by atoms with Gasteiger partial charge in [-0.25, -0.2) is 14.3 Å². The van der Waals surface area contributed by atoms with Gasteiger partial charge in [-0.2, -0.15) is 0 Å². The first-order chi connectivity index (χ1) is 9.16. The third-order valence-corrected chi connectivity index (χ3v) is 3.63. The van der Waals surface area contributed by atoms with E-state index in [-0.39, 0.29) is 0 Å². The maximum atomic E-state index is 10.9. The number of aryl methyl sites for hydroxylation is 1. The Kier molecular flexibility index (Phi) is 7.23. The van der Waals surface area contributed by atoms with Crippen molar-refractivity contribution in [1.82, 2.24) is 4.98 Å². The quantitative estimate of drug-likeness (QED) is 0.505. The number of nitrogens with one attached hydrogen (secondary N) is 1. The van der Waals surface area contributed by atoms with Gasteiger partial charge in [0.2, 0.25) is 0 Å². The molecule has 0 aromatic carbocycles. The van der Waals surface area contributed by atoms with Crippen LogP contribution in [0.2, 0.25) is 0 Å². The molecule has 0 amide bonds. The second-order valence-corrected chi connectivity index (χ2v) is 5.21. The summed E-state index contributed by atoms with van der Waals surface area (Å²) in [6.45, 7) is 2.24. The summed E-state index contributed by atoms with van der Waals surface area (Å²) in [7, 11) is 1.81. The normalized spacial score (nSPS) is 10.8. The Bertz CT molecular complexity index is 385. The van der Waals surface area contributed by atoms with Crippen molar-refractivity contribution in [3.05, 3.63) is 17.7 Å². The highest BCUT2D eigenvalue weighted by Gasteiger charge is 2.19. The lowest BCUT2D eigenvalue weighted by Crippen LogP contribution is -2.37. The SMILES string of the molecule is CCCCCCCCCCc1[nH]cc(C(=O)O)[n+]1C. The molecule has 0 unspecified atom stereocenters. The summed E-state index contributed by atoms with van der Waals surface area (Å²) in [5.74, 6) is 0.129. The molecule has 0 saturated carbocycles. The lowest BCUT2D eigenvalue weighted by Gasteiger charge is -2.00. The van der Waals surface area contributed by atoms with Gasteiger partial charge in [-0.1, -0.05) is 51.9 Å². The maximum absolute atomic E-state index is 10.9. The van der Waals surface area contributed by atoms with Crippen molar-refractivity contribution in [3.8, 4) is 0 Å². The van der Waals surface area contributed by atoms with Gasteiger partial charge in [-0.05, 0) is 6.42 Å². The molecular formula is C15H27N2O2+. The van der Waals surface area contributed by atoms with Gasteiger partial charge in [-0.3, -0.25) is 0 Å². The molecule has 0 spiro atoms. The van der Waals surface area contributed by atoms with Crippen LogP contribution in [0.1, 0.15) is 74.6 Å². The van der Waals surface area contributed by atoms with E-state index >= 15 is 0 Å². The summed E-state index contributed by atoms with van der Waals surface area (Å²) < 4.78 is 1.74. The van der Waals surface area contributed by atoms with Crippen LogP contribution in [0.4, 0.5) is 0 Å². The number of aromatic nitrogens is 2. The molecule has 0 aliphatic carbocycles. The van der Waals surface area contributed by atoms with Gasteiger partial charge >= 0.3 is 5.97 Å². The van der Waals surface area contributed by atoms with E-state index in [0.717, 1.165) is 18.7 Å². The number of imidazole rings is 1. The summed E-state index contributed by atoms with van der Waals surface area (Å²) >= 11 is 0. The number of nitrogens with zero attached hydrogens (tertiary/aromatic N) is 1. The Balaban J connectivity index is 2.14. The predicted molar refractivity (Wildman–Crippen MR) is 75.2 cm³/mol. The van der Waals surface area contributed by atoms with Gasteiger partial charge in [0.15, 0.2) is 0 Å². The lowest BCUT2D eigenvalue weighted by atomic mass is 10.1. The number of carbonyl (C=O) groups is 1. The van der Waals surface area contributed by atoms with E-state index in [1.807, 2.05) is 0 Å². The van der Waals surface area contributed by atoms with Crippen molar-refractivity contribution in [1.29, 1.82) is 0 Å². The highest BCUT2D eigenvalue weighted by molar-refractivity contribution is 5.83. The van der Waals surface area contributed by atoms with Crippen LogP contribution in [0.25, 0.3) is 0 Å². The largest absolute Gasteiger partial charge is 0.475 e. The molecule has 0 saturated heterocycles. The van der Waals surface area contributed by atoms with Crippen LogP contribution in [-0.4, -0.2) is 16.1 Å². The van der Waals surface area contributed by atoms with Crippen molar-refractivity contribution in [2.24, 2.45) is 7.05 Å². The van der Waals surface area contributed by atoms with Gasteiger partial charge in [0.1, 0.15) is 6.20 Å². The first-order valence-electron chi connectivity index (χ1n) is 7.46. The van der Waals surface area contributed by atoms with Crippen molar-refractivity contribution < 1.29 is 14.5 Å². The molecule has 1 aromatic heterocycles. The van der Waals surface area contributed by atoms with E-state index in [1.54, 1.807) is 17.8 Å². The first kappa shape index (κ1) is 15.7. The number of rotatable bonds is 10. The molecule has 0 atom stereocenters. The second-order valence-electron chi connectivity index (χ2n) is 5.21. The smallest absolute Gasteiger partial charge is 0.379 e. The van der Waals surface area contributed by atoms with E-state index < -0.39 is 5.97 Å². The molecule has 1 aromatic rings. The second kappa shape index (κ2) is 8.73. The van der Waals surface area contributed by atoms with Gasteiger partial charge in [0.25, 0.3) is 11.5 Å². The number of carboxylic acids is 1. The fraction of sp³-hybridized carbons (Fsp3) is 0.733. The summed E-state index contributed by atoms with van der Waals surface area (Å²) in [5.41, 5.74) is 0.328. The van der Waals surface area contributed by atoms with Gasteiger partial charge in [0.05, 0.1) is 7.05 Å². The van der Waals surface area contributed by atoms with Crippen LogP contribution in [0.5, 0.6) is 0 Å². The number of aromatic carboxylic acids is 1. The summed E-state index contributed by atoms with van der Waals surface area (Å²) in [6.07, 6.45) is 12.9. The van der Waals surface area contributed by atoms with Crippen molar-refractivity contribution in [2.75, 3.05) is 0 Å². The van der Waals surface area contributed by atoms with Crippen LogP contribution in [-0.2, 0) is 13.5 Å². The van der Waals surface area contributed by atoms with E-state index in [9.17, 15) is 4.79 Å². The minimum Gasteiger partial charge on any atom is -0.475 e. The molecule has 19 heavy (non-hydrogen) atoms. The fourth-order valence-corrected chi connectivity index (χ4v) is 2.36. The first-order valence-corrected chi connectivity index (χ1v) is 7.46. The molecule has 1 rings (SSSR count). The molecule has 1 heterocycles. The topological polar surface area (TPSA) is 57.0 Å². The highest BCUT2D eigenvalue weighted by Crippen LogP contribution is 2.09. The molecule has 0 fully saturated rings. The number of aromatic amines is 1. The van der Waals surface area contributed by atoms with Crippen LogP contribution in [0.15, 0.2) is 6.20 Å². The molecule has 4 heteroatoms. The highest BCUT2D eigenvalue weighted by atomic mass is 16.4. The molecule has 0 radical (unpaired) electrons. The van der Waals surface area contributed by atoms with Crippen LogP contribution in [0, 0.1) is 0 Å². The Labute approximate surface area is 115 Å². The molecule has 2 N–H and O–H groups in total. The Morgan fingerprint density at radius 1 is 1.16 bits per heavy atom. The number of unbranched alkanes of at least 4 members (excludes halogenated alkanes) is 7. The average Bonchev–Trinajstić information content (AvgIpc) is 2.74. The van der Waals surface area contributed by atoms with E-state index in [0.29, 0.717) is 5.69 Å². The van der Waals surface area contributed by atoms with Crippen LogP contribution in [0.3, 0.4) is 0 Å². The minimum atomic E-state index is -0.874. The fourth-order valence-electron chi connectivity index (χ4n) is 2.36. The molecule has 0 bridgehead atoms. The van der Waals surface area contributed by atoms with Gasteiger partial charge < -0.3 is 5.11 Å². The summed E-state index contributed by atoms with van der Waals surface area (Å²) in [4.78, 5) is 14.0. The Hall–Kier alpha value is -1.32. The zero-order valence-corrected chi connectivity index (χ0v) is 12.2. The van der Waals surface area contributed by atoms with E-state index in [4.69, 9.17) is 5.11 Å². The van der Waals surface area contributed by atoms with Crippen LogP contribution < -0.4 is 4.57 Å². The van der Waals surface area contributed by atoms with Gasteiger partial charge in [0, 0.05) is 6.42 Å². The number of hydrogen-bond donors (Lipinski definition) is 2. The maximum Gasteiger partial charge on any atom is 0.379 e. The standard InChI is InChI=1S/C15H26N2O2/c1-3-4-5-6-7-8-9-10-11-14-16-12-13(15(18)19)17(14)2/h12H,3-11H2,1-2H3,(H,18,19)/p+1. The monoisotopic (exact) mass is 267 g/mol. The lowest BCUT2D eigenvalue weighted by molar-refractivity contribution is -0.680. The number of hydrogen-bond acceptors (Lipinski definition) is 1. The van der Waals surface area contributed by atoms with Crippen molar-refractivity contribution in [3.63, 3.8) is 0 Å².